The predicted molar refractivity (Wildman–Crippen MR) is 74.6 cm³/mol. The van der Waals surface area contributed by atoms with Gasteiger partial charge in [-0.25, -0.2) is 0 Å². The largest absolute Gasteiger partial charge is 0.384 e. The Kier molecular flexibility index (Phi) is 2.36. The fourth-order valence-corrected chi connectivity index (χ4v) is 2.88. The Bertz CT molecular complexity index is 605. The van der Waals surface area contributed by atoms with E-state index in [1.165, 1.54) is 16.7 Å². The molecule has 18 heavy (non-hydrogen) atoms. The number of aliphatic hydroxyl groups excluding tert-OH is 1. The van der Waals surface area contributed by atoms with Crippen LogP contribution in [-0.4, -0.2) is 5.11 Å². The molecule has 0 aromatic heterocycles. The molecule has 3 rings (SSSR count). The van der Waals surface area contributed by atoms with Crippen LogP contribution in [0, 0.1) is 0 Å². The minimum Gasteiger partial charge on any atom is -0.384 e. The molecule has 1 aliphatic rings. The van der Waals surface area contributed by atoms with E-state index in [1.807, 2.05) is 18.2 Å². The van der Waals surface area contributed by atoms with Gasteiger partial charge in [0, 0.05) is 0 Å². The van der Waals surface area contributed by atoms with Gasteiger partial charge < -0.3 is 5.11 Å². The number of rotatable bonds is 0. The first-order valence-electron chi connectivity index (χ1n) is 6.41. The van der Waals surface area contributed by atoms with Crippen molar-refractivity contribution >= 4 is 0 Å². The van der Waals surface area contributed by atoms with Gasteiger partial charge in [-0.3, -0.25) is 0 Å². The van der Waals surface area contributed by atoms with Crippen LogP contribution in [0.1, 0.15) is 43.6 Å². The highest BCUT2D eigenvalue weighted by Gasteiger charge is 2.31. The van der Waals surface area contributed by atoms with Gasteiger partial charge in [0.05, 0.1) is 0 Å². The highest BCUT2D eigenvalue weighted by Crippen LogP contribution is 2.47. The van der Waals surface area contributed by atoms with Crippen molar-refractivity contribution in [2.45, 2.75) is 32.3 Å². The first-order chi connectivity index (χ1) is 8.50. The highest BCUT2D eigenvalue weighted by atomic mass is 16.3. The third kappa shape index (κ3) is 1.51. The summed E-state index contributed by atoms with van der Waals surface area (Å²) in [7, 11) is 0. The van der Waals surface area contributed by atoms with Crippen molar-refractivity contribution in [1.82, 2.24) is 0 Å². The maximum absolute atomic E-state index is 10.6. The number of hydrogen-bond acceptors (Lipinski definition) is 1. The molecule has 2 aromatic rings. The molecule has 1 N–H and O–H groups in total. The van der Waals surface area contributed by atoms with Crippen molar-refractivity contribution in [2.24, 2.45) is 0 Å². The zero-order valence-corrected chi connectivity index (χ0v) is 11.1. The maximum Gasteiger partial charge on any atom is 0.106 e. The van der Waals surface area contributed by atoms with E-state index >= 15 is 0 Å². The lowest BCUT2D eigenvalue weighted by atomic mass is 9.82. The Morgan fingerprint density at radius 1 is 0.889 bits per heavy atom. The van der Waals surface area contributed by atoms with Gasteiger partial charge in [0.25, 0.3) is 0 Å². The normalized spacial score (nSPS) is 17.4. The molecule has 0 spiro atoms. The van der Waals surface area contributed by atoms with E-state index in [-0.39, 0.29) is 5.41 Å². The summed E-state index contributed by atoms with van der Waals surface area (Å²) in [6, 6.07) is 14.5. The predicted octanol–water partition coefficient (Wildman–Crippen LogP) is 4.05. The Morgan fingerprint density at radius 3 is 2.28 bits per heavy atom. The molecule has 2 aromatic carbocycles. The molecular weight excluding hydrogens is 220 g/mol. The van der Waals surface area contributed by atoms with E-state index in [0.717, 1.165) is 11.1 Å². The van der Waals surface area contributed by atoms with Crippen molar-refractivity contribution in [3.8, 4) is 11.1 Å². The quantitative estimate of drug-likeness (QED) is 0.734. The second kappa shape index (κ2) is 3.69. The van der Waals surface area contributed by atoms with Crippen molar-refractivity contribution < 1.29 is 5.11 Å². The summed E-state index contributed by atoms with van der Waals surface area (Å²) >= 11 is 0. The van der Waals surface area contributed by atoms with Gasteiger partial charge >= 0.3 is 0 Å². The molecule has 1 unspecified atom stereocenters. The van der Waals surface area contributed by atoms with E-state index in [0.29, 0.717) is 0 Å². The molecule has 1 atom stereocenters. The van der Waals surface area contributed by atoms with Crippen LogP contribution in [-0.2, 0) is 5.41 Å². The van der Waals surface area contributed by atoms with Gasteiger partial charge in [0.15, 0.2) is 0 Å². The SMILES string of the molecule is CC(C)(C)c1cccc2c1C(O)c1ccccc1-2. The van der Waals surface area contributed by atoms with Crippen LogP contribution in [0.2, 0.25) is 0 Å². The standard InChI is InChI=1S/C17H18O/c1-17(2,3)14-10-6-9-12-11-7-4-5-8-13(11)16(18)15(12)14/h4-10,16,18H,1-3H3. The first-order valence-corrected chi connectivity index (χ1v) is 6.41. The minimum atomic E-state index is -0.480. The summed E-state index contributed by atoms with van der Waals surface area (Å²) < 4.78 is 0. The van der Waals surface area contributed by atoms with Gasteiger partial charge in [-0.15, -0.1) is 0 Å². The molecule has 1 nitrogen and oxygen atoms in total. The molecule has 1 aliphatic carbocycles. The zero-order valence-electron chi connectivity index (χ0n) is 11.1. The van der Waals surface area contributed by atoms with Crippen molar-refractivity contribution in [3.63, 3.8) is 0 Å². The lowest BCUT2D eigenvalue weighted by Gasteiger charge is -2.24. The Hall–Kier alpha value is -1.60. The lowest BCUT2D eigenvalue weighted by Crippen LogP contribution is -2.15. The molecule has 0 saturated heterocycles. The second-order valence-electron chi connectivity index (χ2n) is 6.01. The van der Waals surface area contributed by atoms with E-state index < -0.39 is 6.10 Å². The monoisotopic (exact) mass is 238 g/mol. The van der Waals surface area contributed by atoms with Gasteiger partial charge in [0.1, 0.15) is 6.10 Å². The van der Waals surface area contributed by atoms with Crippen molar-refractivity contribution in [2.75, 3.05) is 0 Å². The fraction of sp³-hybridized carbons (Fsp3) is 0.294. The number of fused-ring (bicyclic) bond motifs is 3. The highest BCUT2D eigenvalue weighted by molar-refractivity contribution is 5.79. The van der Waals surface area contributed by atoms with Gasteiger partial charge in [-0.2, -0.15) is 0 Å². The summed E-state index contributed by atoms with van der Waals surface area (Å²) in [5, 5.41) is 10.6. The Labute approximate surface area is 108 Å². The topological polar surface area (TPSA) is 20.2 Å². The van der Waals surface area contributed by atoms with Crippen LogP contribution < -0.4 is 0 Å². The van der Waals surface area contributed by atoms with Crippen LogP contribution in [0.4, 0.5) is 0 Å². The minimum absolute atomic E-state index is 0.0500. The summed E-state index contributed by atoms with van der Waals surface area (Å²) in [5.41, 5.74) is 5.77. The molecule has 0 aliphatic heterocycles. The first kappa shape index (κ1) is 11.5. The summed E-state index contributed by atoms with van der Waals surface area (Å²) in [6.45, 7) is 6.58. The van der Waals surface area contributed by atoms with Crippen LogP contribution in [0.25, 0.3) is 11.1 Å². The molecule has 0 heterocycles. The number of benzene rings is 2. The van der Waals surface area contributed by atoms with E-state index in [2.05, 4.69) is 45.0 Å². The molecule has 1 heteroatoms. The van der Waals surface area contributed by atoms with Crippen LogP contribution >= 0.6 is 0 Å². The average molecular weight is 238 g/mol. The maximum atomic E-state index is 10.6. The van der Waals surface area contributed by atoms with E-state index in [1.54, 1.807) is 0 Å². The van der Waals surface area contributed by atoms with Crippen LogP contribution in [0.15, 0.2) is 42.5 Å². The van der Waals surface area contributed by atoms with Gasteiger partial charge in [0.2, 0.25) is 0 Å². The summed E-state index contributed by atoms with van der Waals surface area (Å²) in [4.78, 5) is 0. The smallest absolute Gasteiger partial charge is 0.106 e. The number of aliphatic hydroxyl groups is 1. The molecule has 0 amide bonds. The molecule has 92 valence electrons. The van der Waals surface area contributed by atoms with E-state index in [9.17, 15) is 5.11 Å². The van der Waals surface area contributed by atoms with Gasteiger partial charge in [-0.1, -0.05) is 63.2 Å². The van der Waals surface area contributed by atoms with E-state index in [4.69, 9.17) is 0 Å². The second-order valence-corrected chi connectivity index (χ2v) is 6.01. The zero-order chi connectivity index (χ0) is 12.9. The van der Waals surface area contributed by atoms with Gasteiger partial charge in [-0.05, 0) is 33.2 Å². The lowest BCUT2D eigenvalue weighted by molar-refractivity contribution is 0.222. The van der Waals surface area contributed by atoms with Crippen molar-refractivity contribution in [1.29, 1.82) is 0 Å². The van der Waals surface area contributed by atoms with Crippen molar-refractivity contribution in [3.05, 3.63) is 59.2 Å². The van der Waals surface area contributed by atoms with Crippen LogP contribution in [0.5, 0.6) is 0 Å². The summed E-state index contributed by atoms with van der Waals surface area (Å²) in [6.07, 6.45) is -0.480. The third-order valence-corrected chi connectivity index (χ3v) is 3.73. The fourth-order valence-electron chi connectivity index (χ4n) is 2.88. The molecule has 0 saturated carbocycles. The molecular formula is C17H18O. The summed E-state index contributed by atoms with van der Waals surface area (Å²) in [5.74, 6) is 0. The molecule has 0 bridgehead atoms. The number of hydrogen-bond donors (Lipinski definition) is 1. The Morgan fingerprint density at radius 2 is 1.56 bits per heavy atom. The van der Waals surface area contributed by atoms with Crippen LogP contribution in [0.3, 0.4) is 0 Å². The third-order valence-electron chi connectivity index (χ3n) is 3.73. The average Bonchev–Trinajstić information content (AvgIpc) is 2.63. The molecule has 0 fully saturated rings. The Balaban J connectivity index is 2.31. The molecule has 0 radical (unpaired) electrons.